The molecule has 0 unspecified atom stereocenters. The van der Waals surface area contributed by atoms with Gasteiger partial charge in [-0.3, -0.25) is 9.71 Å². The molecule has 1 fully saturated rings. The van der Waals surface area contributed by atoms with E-state index in [9.17, 15) is 8.42 Å². The molecule has 1 N–H and O–H groups in total. The van der Waals surface area contributed by atoms with E-state index in [1.54, 1.807) is 53.1 Å². The van der Waals surface area contributed by atoms with E-state index in [1.165, 1.54) is 0 Å². The van der Waals surface area contributed by atoms with Gasteiger partial charge in [0.15, 0.2) is 5.65 Å². The van der Waals surface area contributed by atoms with E-state index in [1.807, 2.05) is 25.3 Å². The number of fused-ring (bicyclic) bond motifs is 2. The molecule has 10 nitrogen and oxygen atoms in total. The monoisotopic (exact) mass is 475 g/mol. The summed E-state index contributed by atoms with van der Waals surface area (Å²) in [5, 5.41) is 9.66. The summed E-state index contributed by atoms with van der Waals surface area (Å²) in [6.07, 6.45) is 8.48. The van der Waals surface area contributed by atoms with Crippen molar-refractivity contribution in [2.75, 3.05) is 11.8 Å². The number of benzene rings is 1. The second kappa shape index (κ2) is 7.52. The molecule has 0 atom stereocenters. The van der Waals surface area contributed by atoms with Gasteiger partial charge in [0.1, 0.15) is 11.4 Å². The standard InChI is InChI=1S/C23H21N7O3S/c1-14-17-12-25-19(18-13-26-29-9-3-8-24-23(18)29)11-21(17)30(27-14)20-7-4-15(10-22(20)33-2)28-34(31,32)16-5-6-16/h3-4,7-13,16,28H,5-6H2,1-2H3. The van der Waals surface area contributed by atoms with Crippen molar-refractivity contribution in [3.63, 3.8) is 0 Å². The lowest BCUT2D eigenvalue weighted by Crippen LogP contribution is -2.17. The first-order valence-corrected chi connectivity index (χ1v) is 12.3. The maximum Gasteiger partial charge on any atom is 0.235 e. The van der Waals surface area contributed by atoms with Gasteiger partial charge in [-0.25, -0.2) is 22.6 Å². The number of aryl methyl sites for hydroxylation is 1. The van der Waals surface area contributed by atoms with Crippen LogP contribution in [0.1, 0.15) is 18.5 Å². The smallest absolute Gasteiger partial charge is 0.235 e. The number of hydrogen-bond acceptors (Lipinski definition) is 7. The average Bonchev–Trinajstić information content (AvgIpc) is 3.55. The van der Waals surface area contributed by atoms with Gasteiger partial charge in [0, 0.05) is 30.0 Å². The number of hydrogen-bond donors (Lipinski definition) is 1. The molecule has 0 radical (unpaired) electrons. The van der Waals surface area contributed by atoms with E-state index < -0.39 is 10.0 Å². The molecule has 0 aliphatic heterocycles. The topological polar surface area (TPSA) is 116 Å². The number of aromatic nitrogens is 6. The van der Waals surface area contributed by atoms with Crippen LogP contribution in [0.4, 0.5) is 5.69 Å². The molecule has 1 aliphatic carbocycles. The number of pyridine rings is 1. The maximum atomic E-state index is 12.3. The molecule has 0 saturated heterocycles. The Labute approximate surface area is 195 Å². The normalized spacial score (nSPS) is 14.1. The summed E-state index contributed by atoms with van der Waals surface area (Å²) in [6, 6.07) is 8.96. The van der Waals surface area contributed by atoms with Crippen LogP contribution < -0.4 is 9.46 Å². The van der Waals surface area contributed by atoms with Crippen molar-refractivity contribution < 1.29 is 13.2 Å². The molecule has 1 aromatic carbocycles. The number of anilines is 1. The summed E-state index contributed by atoms with van der Waals surface area (Å²) in [7, 11) is -1.82. The third-order valence-electron chi connectivity index (χ3n) is 5.94. The zero-order chi connectivity index (χ0) is 23.4. The SMILES string of the molecule is COc1cc(NS(=O)(=O)C2CC2)ccc1-n1nc(C)c2cnc(-c3cnn4cccnc34)cc21. The Bertz CT molecular complexity index is 1670. The molecule has 0 bridgehead atoms. The van der Waals surface area contributed by atoms with Crippen molar-refractivity contribution in [2.45, 2.75) is 25.0 Å². The molecule has 4 heterocycles. The summed E-state index contributed by atoms with van der Waals surface area (Å²) in [5.74, 6) is 0.497. The maximum absolute atomic E-state index is 12.3. The van der Waals surface area contributed by atoms with Gasteiger partial charge in [-0.1, -0.05) is 0 Å². The van der Waals surface area contributed by atoms with Crippen LogP contribution in [-0.2, 0) is 10.0 Å². The van der Waals surface area contributed by atoms with Crippen LogP contribution in [0.5, 0.6) is 5.75 Å². The van der Waals surface area contributed by atoms with Crippen molar-refractivity contribution in [1.29, 1.82) is 0 Å². The van der Waals surface area contributed by atoms with Gasteiger partial charge in [0.2, 0.25) is 10.0 Å². The number of rotatable bonds is 6. The quantitative estimate of drug-likeness (QED) is 0.400. The highest BCUT2D eigenvalue weighted by molar-refractivity contribution is 7.93. The predicted octanol–water partition coefficient (Wildman–Crippen LogP) is 3.35. The third-order valence-corrected chi connectivity index (χ3v) is 7.81. The minimum Gasteiger partial charge on any atom is -0.494 e. The second-order valence-corrected chi connectivity index (χ2v) is 10.2. The first-order valence-electron chi connectivity index (χ1n) is 10.8. The van der Waals surface area contributed by atoms with Crippen LogP contribution in [-0.4, -0.2) is 50.1 Å². The number of methoxy groups -OCH3 is 1. The molecule has 5 aromatic rings. The lowest BCUT2D eigenvalue weighted by Gasteiger charge is -2.13. The molecule has 1 saturated carbocycles. The second-order valence-electron chi connectivity index (χ2n) is 8.26. The van der Waals surface area contributed by atoms with Gasteiger partial charge in [-0.05, 0) is 44.0 Å². The highest BCUT2D eigenvalue weighted by Gasteiger charge is 2.35. The fourth-order valence-corrected chi connectivity index (χ4v) is 5.42. The van der Waals surface area contributed by atoms with E-state index >= 15 is 0 Å². The van der Waals surface area contributed by atoms with E-state index in [0.717, 1.165) is 27.9 Å². The molecule has 1 aliphatic rings. The zero-order valence-corrected chi connectivity index (χ0v) is 19.3. The van der Waals surface area contributed by atoms with E-state index in [-0.39, 0.29) is 5.25 Å². The van der Waals surface area contributed by atoms with Gasteiger partial charge in [0.05, 0.1) is 46.7 Å². The van der Waals surface area contributed by atoms with Crippen molar-refractivity contribution >= 4 is 32.3 Å². The van der Waals surface area contributed by atoms with Crippen molar-refractivity contribution in [2.24, 2.45) is 0 Å². The highest BCUT2D eigenvalue weighted by Crippen LogP contribution is 2.34. The highest BCUT2D eigenvalue weighted by atomic mass is 32.2. The Balaban J connectivity index is 1.46. The Kier molecular flexibility index (Phi) is 4.56. The first kappa shape index (κ1) is 20.6. The molecular weight excluding hydrogens is 454 g/mol. The molecule has 0 spiro atoms. The minimum atomic E-state index is -3.37. The molecule has 34 heavy (non-hydrogen) atoms. The Morgan fingerprint density at radius 3 is 2.79 bits per heavy atom. The fourth-order valence-electron chi connectivity index (χ4n) is 4.04. The van der Waals surface area contributed by atoms with Gasteiger partial charge >= 0.3 is 0 Å². The van der Waals surface area contributed by atoms with Gasteiger partial charge in [0.25, 0.3) is 0 Å². The summed E-state index contributed by atoms with van der Waals surface area (Å²) >= 11 is 0. The number of nitrogens with one attached hydrogen (secondary N) is 1. The van der Waals surface area contributed by atoms with Gasteiger partial charge in [-0.15, -0.1) is 0 Å². The summed E-state index contributed by atoms with van der Waals surface area (Å²) in [6.45, 7) is 1.92. The first-order chi connectivity index (χ1) is 16.4. The summed E-state index contributed by atoms with van der Waals surface area (Å²) in [4.78, 5) is 9.06. The summed E-state index contributed by atoms with van der Waals surface area (Å²) in [5.41, 5.74) is 5.03. The largest absolute Gasteiger partial charge is 0.494 e. The van der Waals surface area contributed by atoms with E-state index in [4.69, 9.17) is 9.84 Å². The molecular formula is C23H21N7O3S. The lowest BCUT2D eigenvalue weighted by molar-refractivity contribution is 0.412. The van der Waals surface area contributed by atoms with Crippen LogP contribution in [0.15, 0.2) is 55.1 Å². The van der Waals surface area contributed by atoms with Crippen LogP contribution in [0, 0.1) is 6.92 Å². The molecule has 4 aromatic heterocycles. The van der Waals surface area contributed by atoms with Crippen LogP contribution in [0.3, 0.4) is 0 Å². The van der Waals surface area contributed by atoms with Crippen molar-refractivity contribution in [1.82, 2.24) is 29.4 Å². The van der Waals surface area contributed by atoms with Crippen molar-refractivity contribution in [3.05, 3.63) is 60.8 Å². The number of nitrogens with zero attached hydrogens (tertiary/aromatic N) is 6. The lowest BCUT2D eigenvalue weighted by atomic mass is 10.1. The zero-order valence-electron chi connectivity index (χ0n) is 18.5. The van der Waals surface area contributed by atoms with E-state index in [2.05, 4.69) is 19.8 Å². The number of sulfonamides is 1. The summed E-state index contributed by atoms with van der Waals surface area (Å²) < 4.78 is 36.5. The minimum absolute atomic E-state index is 0.309. The van der Waals surface area contributed by atoms with Crippen molar-refractivity contribution in [3.8, 4) is 22.7 Å². The molecule has 11 heteroatoms. The van der Waals surface area contributed by atoms with E-state index in [0.29, 0.717) is 35.6 Å². The molecule has 0 amide bonds. The van der Waals surface area contributed by atoms with Crippen LogP contribution >= 0.6 is 0 Å². The molecule has 6 rings (SSSR count). The Hall–Kier alpha value is -3.99. The number of ether oxygens (including phenoxy) is 1. The average molecular weight is 476 g/mol. The molecule has 172 valence electrons. The van der Waals surface area contributed by atoms with Gasteiger partial charge in [-0.2, -0.15) is 10.2 Å². The third kappa shape index (κ3) is 3.36. The predicted molar refractivity (Wildman–Crippen MR) is 128 cm³/mol. The fraction of sp³-hybridized carbons (Fsp3) is 0.217. The van der Waals surface area contributed by atoms with Gasteiger partial charge < -0.3 is 4.74 Å². The van der Waals surface area contributed by atoms with Crippen LogP contribution in [0.25, 0.3) is 33.5 Å². The Morgan fingerprint density at radius 2 is 2.00 bits per heavy atom. The Morgan fingerprint density at radius 1 is 1.15 bits per heavy atom. The van der Waals surface area contributed by atoms with Crippen LogP contribution in [0.2, 0.25) is 0 Å².